The first-order valence-electron chi connectivity index (χ1n) is 6.38. The second-order valence-corrected chi connectivity index (χ2v) is 5.42. The molecule has 5 heteroatoms. The summed E-state index contributed by atoms with van der Waals surface area (Å²) in [6, 6.07) is 8.22. The van der Waals surface area contributed by atoms with Crippen molar-refractivity contribution >= 4 is 18.1 Å². The lowest BCUT2D eigenvalue weighted by Crippen LogP contribution is -2.44. The zero-order valence-corrected chi connectivity index (χ0v) is 12.0. The van der Waals surface area contributed by atoms with Crippen molar-refractivity contribution in [2.45, 2.75) is 38.8 Å². The van der Waals surface area contributed by atoms with Crippen molar-refractivity contribution in [3.05, 3.63) is 35.9 Å². The van der Waals surface area contributed by atoms with E-state index in [9.17, 15) is 9.59 Å². The van der Waals surface area contributed by atoms with Crippen LogP contribution in [0, 0.1) is 5.41 Å². The van der Waals surface area contributed by atoms with Gasteiger partial charge in [-0.2, -0.15) is 0 Å². The molecule has 0 aliphatic carbocycles. The molecule has 0 radical (unpaired) electrons. The number of carbonyl (C=O) groups is 2. The van der Waals surface area contributed by atoms with Crippen molar-refractivity contribution in [2.75, 3.05) is 0 Å². The Morgan fingerprint density at radius 3 is 2.40 bits per heavy atom. The van der Waals surface area contributed by atoms with Crippen LogP contribution < -0.4 is 5.32 Å². The van der Waals surface area contributed by atoms with Gasteiger partial charge in [0.05, 0.1) is 0 Å². The summed E-state index contributed by atoms with van der Waals surface area (Å²) in [6.07, 6.45) is 0.374. The quantitative estimate of drug-likeness (QED) is 0.810. The van der Waals surface area contributed by atoms with Gasteiger partial charge in [-0.15, -0.1) is 0 Å². The molecule has 1 amide bonds. The summed E-state index contributed by atoms with van der Waals surface area (Å²) in [5, 5.41) is 9.65. The molecule has 2 N–H and O–H groups in total. The van der Waals surface area contributed by atoms with Gasteiger partial charge in [0.1, 0.15) is 11.6 Å². The fraction of sp³-hybridized carbons (Fsp3) is 0.400. The van der Waals surface area contributed by atoms with E-state index >= 15 is 0 Å². The van der Waals surface area contributed by atoms with Crippen molar-refractivity contribution < 1.29 is 14.3 Å². The summed E-state index contributed by atoms with van der Waals surface area (Å²) in [5.74, 6) is -0.253. The zero-order chi connectivity index (χ0) is 15.2. The highest BCUT2D eigenvalue weighted by Gasteiger charge is 2.22. The maximum atomic E-state index is 12.0. The first-order valence-corrected chi connectivity index (χ1v) is 6.38. The van der Waals surface area contributed by atoms with Gasteiger partial charge in [-0.05, 0) is 26.3 Å². The number of hydrogen-bond acceptors (Lipinski definition) is 4. The van der Waals surface area contributed by atoms with E-state index in [1.54, 1.807) is 20.8 Å². The molecule has 0 spiro atoms. The molecule has 1 aromatic rings. The van der Waals surface area contributed by atoms with Gasteiger partial charge in [0.2, 0.25) is 0 Å². The smallest absolute Gasteiger partial charge is 0.408 e. The predicted molar refractivity (Wildman–Crippen MR) is 77.1 cm³/mol. The molecule has 0 bridgehead atoms. The molecule has 1 rings (SSSR count). The molecule has 20 heavy (non-hydrogen) atoms. The lowest BCUT2D eigenvalue weighted by atomic mass is 10.0. The summed E-state index contributed by atoms with van der Waals surface area (Å²) < 4.78 is 5.06. The highest BCUT2D eigenvalue weighted by atomic mass is 16.6. The van der Waals surface area contributed by atoms with E-state index < -0.39 is 17.7 Å². The van der Waals surface area contributed by atoms with E-state index in [4.69, 9.17) is 10.1 Å². The van der Waals surface area contributed by atoms with E-state index in [1.807, 2.05) is 30.3 Å². The van der Waals surface area contributed by atoms with Gasteiger partial charge in [-0.3, -0.25) is 4.79 Å². The lowest BCUT2D eigenvalue weighted by molar-refractivity contribution is -0.118. The number of Topliss-reactive ketones (excluding diaryl/α,β-unsaturated/α-hetero) is 1. The maximum Gasteiger partial charge on any atom is 0.408 e. The van der Waals surface area contributed by atoms with Crippen LogP contribution in [0.4, 0.5) is 4.79 Å². The third-order valence-corrected chi connectivity index (χ3v) is 2.41. The van der Waals surface area contributed by atoms with Gasteiger partial charge in [0.25, 0.3) is 0 Å². The zero-order valence-electron chi connectivity index (χ0n) is 12.0. The van der Waals surface area contributed by atoms with Crippen LogP contribution in [-0.2, 0) is 16.0 Å². The molecule has 0 heterocycles. The number of nitrogens with one attached hydrogen (secondary N) is 2. The number of amides is 1. The first kappa shape index (κ1) is 15.9. The van der Waals surface area contributed by atoms with E-state index in [0.717, 1.165) is 11.8 Å². The van der Waals surface area contributed by atoms with Crippen LogP contribution >= 0.6 is 0 Å². The Labute approximate surface area is 118 Å². The Bertz CT molecular complexity index is 478. The molecule has 0 aliphatic rings. The molecular formula is C15H20N2O3. The van der Waals surface area contributed by atoms with Crippen molar-refractivity contribution in [3.8, 4) is 0 Å². The molecule has 1 unspecified atom stereocenters. The summed E-state index contributed by atoms with van der Waals surface area (Å²) in [6.45, 7) is 5.20. The third kappa shape index (κ3) is 5.65. The van der Waals surface area contributed by atoms with Crippen LogP contribution in [0.15, 0.2) is 30.3 Å². The van der Waals surface area contributed by atoms with Gasteiger partial charge >= 0.3 is 6.09 Å². The topological polar surface area (TPSA) is 79.2 Å². The Kier molecular flexibility index (Phi) is 5.43. The average molecular weight is 276 g/mol. The normalized spacial score (nSPS) is 12.3. The van der Waals surface area contributed by atoms with Gasteiger partial charge in [0.15, 0.2) is 5.78 Å². The molecule has 1 aromatic carbocycles. The van der Waals surface area contributed by atoms with E-state index in [-0.39, 0.29) is 12.2 Å². The molecule has 1 atom stereocenters. The van der Waals surface area contributed by atoms with Crippen LogP contribution in [0.1, 0.15) is 26.3 Å². The maximum absolute atomic E-state index is 12.0. The van der Waals surface area contributed by atoms with Crippen LogP contribution in [0.3, 0.4) is 0 Å². The molecular weight excluding hydrogens is 256 g/mol. The number of alkyl carbamates (subject to hydrolysis) is 1. The Balaban J connectivity index is 2.60. The number of ether oxygens (including phenoxy) is 1. The van der Waals surface area contributed by atoms with Gasteiger partial charge in [-0.25, -0.2) is 4.79 Å². The number of ketones is 1. The second kappa shape index (κ2) is 6.84. The Morgan fingerprint density at radius 2 is 1.90 bits per heavy atom. The highest BCUT2D eigenvalue weighted by molar-refractivity contribution is 6.01. The first-order chi connectivity index (χ1) is 9.31. The van der Waals surface area contributed by atoms with Crippen LogP contribution in [0.25, 0.3) is 0 Å². The summed E-state index contributed by atoms with van der Waals surface area (Å²) in [7, 11) is 0. The fourth-order valence-corrected chi connectivity index (χ4v) is 1.56. The number of carbonyl (C=O) groups excluding carboxylic acids is 2. The summed E-state index contributed by atoms with van der Waals surface area (Å²) >= 11 is 0. The largest absolute Gasteiger partial charge is 0.444 e. The fourth-order valence-electron chi connectivity index (χ4n) is 1.56. The SMILES string of the molecule is CC(C)(C)OC(=O)NC(C=N)C(=O)Cc1ccccc1. The molecule has 0 saturated carbocycles. The third-order valence-electron chi connectivity index (χ3n) is 2.41. The van der Waals surface area contributed by atoms with E-state index in [0.29, 0.717) is 0 Å². The van der Waals surface area contributed by atoms with Crippen molar-refractivity contribution in [3.63, 3.8) is 0 Å². The van der Waals surface area contributed by atoms with Gasteiger partial charge in [-0.1, -0.05) is 30.3 Å². The van der Waals surface area contributed by atoms with Crippen LogP contribution in [-0.4, -0.2) is 29.7 Å². The minimum absolute atomic E-state index is 0.163. The summed E-state index contributed by atoms with van der Waals surface area (Å²) in [5.41, 5.74) is 0.203. The molecule has 0 aliphatic heterocycles. The minimum Gasteiger partial charge on any atom is -0.444 e. The molecule has 108 valence electrons. The average Bonchev–Trinajstić information content (AvgIpc) is 2.35. The predicted octanol–water partition coefficient (Wildman–Crippen LogP) is 2.34. The molecule has 0 fully saturated rings. The summed E-state index contributed by atoms with van der Waals surface area (Å²) in [4.78, 5) is 23.6. The molecule has 5 nitrogen and oxygen atoms in total. The minimum atomic E-state index is -0.968. The van der Waals surface area contributed by atoms with Crippen molar-refractivity contribution in [2.24, 2.45) is 0 Å². The molecule has 0 saturated heterocycles. The molecule has 0 aromatic heterocycles. The standard InChI is InChI=1S/C15H20N2O3/c1-15(2,3)20-14(19)17-12(10-16)13(18)9-11-7-5-4-6-8-11/h4-8,10,12,16H,9H2,1-3H3,(H,17,19). The highest BCUT2D eigenvalue weighted by Crippen LogP contribution is 2.07. The van der Waals surface area contributed by atoms with Crippen LogP contribution in [0.5, 0.6) is 0 Å². The van der Waals surface area contributed by atoms with Gasteiger partial charge in [0, 0.05) is 12.6 Å². The van der Waals surface area contributed by atoms with E-state index in [1.165, 1.54) is 0 Å². The number of benzene rings is 1. The van der Waals surface area contributed by atoms with Crippen molar-refractivity contribution in [1.29, 1.82) is 5.41 Å². The Hall–Kier alpha value is -2.17. The number of hydrogen-bond donors (Lipinski definition) is 2. The second-order valence-electron chi connectivity index (χ2n) is 5.42. The van der Waals surface area contributed by atoms with Gasteiger partial charge < -0.3 is 15.5 Å². The van der Waals surface area contributed by atoms with E-state index in [2.05, 4.69) is 5.32 Å². The Morgan fingerprint density at radius 1 is 1.30 bits per heavy atom. The lowest BCUT2D eigenvalue weighted by Gasteiger charge is -2.21. The van der Waals surface area contributed by atoms with Crippen molar-refractivity contribution in [1.82, 2.24) is 5.32 Å². The number of rotatable bonds is 5. The monoisotopic (exact) mass is 276 g/mol. The van der Waals surface area contributed by atoms with Crippen LogP contribution in [0.2, 0.25) is 0 Å².